The zero-order valence-electron chi connectivity index (χ0n) is 13.1. The van der Waals surface area contributed by atoms with E-state index in [0.29, 0.717) is 12.1 Å². The van der Waals surface area contributed by atoms with Gasteiger partial charge >= 0.3 is 0 Å². The minimum atomic E-state index is -0.365. The van der Waals surface area contributed by atoms with E-state index in [1.807, 2.05) is 12.1 Å². The maximum atomic E-state index is 13.9. The molecule has 0 spiro atoms. The molecule has 0 radical (unpaired) electrons. The first kappa shape index (κ1) is 15.8. The van der Waals surface area contributed by atoms with E-state index in [2.05, 4.69) is 20.6 Å². The fourth-order valence-corrected chi connectivity index (χ4v) is 2.29. The Kier molecular flexibility index (Phi) is 4.60. The number of hydrogen-bond acceptors (Lipinski definition) is 4. The number of amides is 1. The highest BCUT2D eigenvalue weighted by atomic mass is 19.1. The van der Waals surface area contributed by atoms with Crippen LogP contribution in [-0.2, 0) is 6.54 Å². The van der Waals surface area contributed by atoms with Crippen LogP contribution in [0.1, 0.15) is 34.7 Å². The maximum Gasteiger partial charge on any atom is 0.273 e. The molecule has 1 N–H and O–H groups in total. The van der Waals surface area contributed by atoms with Crippen molar-refractivity contribution in [2.75, 3.05) is 0 Å². The van der Waals surface area contributed by atoms with Crippen molar-refractivity contribution in [3.8, 4) is 0 Å². The third kappa shape index (κ3) is 3.45. The molecule has 1 atom stereocenters. The van der Waals surface area contributed by atoms with Crippen LogP contribution in [0.4, 0.5) is 4.39 Å². The summed E-state index contributed by atoms with van der Waals surface area (Å²) >= 11 is 0. The summed E-state index contributed by atoms with van der Waals surface area (Å²) in [7, 11) is 0. The summed E-state index contributed by atoms with van der Waals surface area (Å²) < 4.78 is 15.3. The molecule has 0 aliphatic rings. The first-order valence-electron chi connectivity index (χ1n) is 7.49. The average Bonchev–Trinajstić information content (AvgIpc) is 3.10. The minimum absolute atomic E-state index is 0.175. The minimum Gasteiger partial charge on any atom is -0.345 e. The van der Waals surface area contributed by atoms with Crippen molar-refractivity contribution in [1.29, 1.82) is 0 Å². The molecule has 7 heteroatoms. The Labute approximate surface area is 138 Å². The molecule has 0 saturated carbocycles. The molecule has 3 rings (SSSR count). The summed E-state index contributed by atoms with van der Waals surface area (Å²) in [6, 6.07) is 11.6. The highest BCUT2D eigenvalue weighted by Crippen LogP contribution is 2.19. The summed E-state index contributed by atoms with van der Waals surface area (Å²) in [5, 5.41) is 10.5. The second-order valence-electron chi connectivity index (χ2n) is 5.29. The van der Waals surface area contributed by atoms with E-state index < -0.39 is 0 Å². The Morgan fingerprint density at radius 1 is 1.25 bits per heavy atom. The van der Waals surface area contributed by atoms with Crippen LogP contribution in [0.2, 0.25) is 0 Å². The van der Waals surface area contributed by atoms with Gasteiger partial charge in [-0.15, -0.1) is 5.10 Å². The SMILES string of the molecule is CC(c1ccccc1F)n1cc(C(=O)NCc2ccccn2)nn1. The van der Waals surface area contributed by atoms with Gasteiger partial charge in [-0.25, -0.2) is 9.07 Å². The maximum absolute atomic E-state index is 13.9. The summed E-state index contributed by atoms with van der Waals surface area (Å²) in [4.78, 5) is 16.3. The summed E-state index contributed by atoms with van der Waals surface area (Å²) in [5.74, 6) is -0.672. The molecule has 6 nitrogen and oxygen atoms in total. The van der Waals surface area contributed by atoms with E-state index in [-0.39, 0.29) is 23.5 Å². The Morgan fingerprint density at radius 2 is 2.04 bits per heavy atom. The summed E-state index contributed by atoms with van der Waals surface area (Å²) in [6.45, 7) is 2.10. The quantitative estimate of drug-likeness (QED) is 0.781. The van der Waals surface area contributed by atoms with E-state index in [9.17, 15) is 9.18 Å². The normalized spacial score (nSPS) is 11.9. The van der Waals surface area contributed by atoms with Gasteiger partial charge in [0.1, 0.15) is 5.82 Å². The van der Waals surface area contributed by atoms with Crippen molar-refractivity contribution >= 4 is 5.91 Å². The van der Waals surface area contributed by atoms with Crippen LogP contribution < -0.4 is 5.32 Å². The lowest BCUT2D eigenvalue weighted by Gasteiger charge is -2.12. The molecular weight excluding hydrogens is 309 g/mol. The van der Waals surface area contributed by atoms with E-state index >= 15 is 0 Å². The molecule has 3 aromatic rings. The van der Waals surface area contributed by atoms with Gasteiger partial charge < -0.3 is 5.32 Å². The molecule has 0 fully saturated rings. The van der Waals surface area contributed by atoms with E-state index in [4.69, 9.17) is 0 Å². The van der Waals surface area contributed by atoms with Crippen LogP contribution >= 0.6 is 0 Å². The molecular formula is C17H16FN5O. The third-order valence-electron chi connectivity index (χ3n) is 3.65. The smallest absolute Gasteiger partial charge is 0.273 e. The number of nitrogens with one attached hydrogen (secondary N) is 1. The molecule has 24 heavy (non-hydrogen) atoms. The first-order valence-corrected chi connectivity index (χ1v) is 7.49. The van der Waals surface area contributed by atoms with Crippen LogP contribution in [0.3, 0.4) is 0 Å². The molecule has 2 aromatic heterocycles. The summed E-state index contributed by atoms with van der Waals surface area (Å²) in [5.41, 5.74) is 1.41. The standard InChI is InChI=1S/C17H16FN5O/c1-12(14-7-2-3-8-15(14)18)23-11-16(21-22-23)17(24)20-10-13-6-4-5-9-19-13/h2-9,11-12H,10H2,1H3,(H,20,24). The second kappa shape index (κ2) is 6.99. The lowest BCUT2D eigenvalue weighted by molar-refractivity contribution is 0.0945. The number of carbonyl (C=O) groups is 1. The number of rotatable bonds is 5. The molecule has 0 bridgehead atoms. The zero-order valence-corrected chi connectivity index (χ0v) is 13.1. The Balaban J connectivity index is 1.69. The fourth-order valence-electron chi connectivity index (χ4n) is 2.29. The topological polar surface area (TPSA) is 72.7 Å². The number of pyridine rings is 1. The van der Waals surface area contributed by atoms with Crippen LogP contribution in [0.15, 0.2) is 54.9 Å². The predicted octanol–water partition coefficient (Wildman–Crippen LogP) is 2.35. The van der Waals surface area contributed by atoms with Crippen molar-refractivity contribution in [2.45, 2.75) is 19.5 Å². The molecule has 0 aliphatic heterocycles. The van der Waals surface area contributed by atoms with Gasteiger partial charge in [-0.3, -0.25) is 9.78 Å². The number of carbonyl (C=O) groups excluding carboxylic acids is 1. The van der Waals surface area contributed by atoms with Gasteiger partial charge in [0.25, 0.3) is 5.91 Å². The second-order valence-corrected chi connectivity index (χ2v) is 5.29. The number of aromatic nitrogens is 4. The Morgan fingerprint density at radius 3 is 2.79 bits per heavy atom. The van der Waals surface area contributed by atoms with E-state index in [0.717, 1.165) is 5.69 Å². The van der Waals surface area contributed by atoms with Gasteiger partial charge in [-0.1, -0.05) is 29.5 Å². The highest BCUT2D eigenvalue weighted by Gasteiger charge is 2.17. The predicted molar refractivity (Wildman–Crippen MR) is 85.6 cm³/mol. The largest absolute Gasteiger partial charge is 0.345 e. The average molecular weight is 325 g/mol. The van der Waals surface area contributed by atoms with Gasteiger partial charge in [0, 0.05) is 11.8 Å². The molecule has 2 heterocycles. The van der Waals surface area contributed by atoms with Crippen molar-refractivity contribution in [3.63, 3.8) is 0 Å². The monoisotopic (exact) mass is 325 g/mol. The van der Waals surface area contributed by atoms with Crippen LogP contribution in [0.25, 0.3) is 0 Å². The number of halogens is 1. The van der Waals surface area contributed by atoms with Gasteiger partial charge in [0.2, 0.25) is 0 Å². The van der Waals surface area contributed by atoms with Crippen molar-refractivity contribution in [1.82, 2.24) is 25.3 Å². The molecule has 0 aliphatic carbocycles. The Bertz CT molecular complexity index is 834. The van der Waals surface area contributed by atoms with Gasteiger partial charge in [0.15, 0.2) is 5.69 Å². The fraction of sp³-hybridized carbons (Fsp3) is 0.176. The van der Waals surface area contributed by atoms with Crippen molar-refractivity contribution < 1.29 is 9.18 Å². The van der Waals surface area contributed by atoms with Crippen LogP contribution in [0.5, 0.6) is 0 Å². The van der Waals surface area contributed by atoms with Gasteiger partial charge in [-0.05, 0) is 25.1 Å². The third-order valence-corrected chi connectivity index (χ3v) is 3.65. The van der Waals surface area contributed by atoms with Gasteiger partial charge in [-0.2, -0.15) is 0 Å². The van der Waals surface area contributed by atoms with Crippen molar-refractivity contribution in [2.24, 2.45) is 0 Å². The molecule has 1 amide bonds. The van der Waals surface area contributed by atoms with E-state index in [1.165, 1.54) is 16.9 Å². The zero-order chi connectivity index (χ0) is 16.9. The van der Waals surface area contributed by atoms with Crippen molar-refractivity contribution in [3.05, 3.63) is 77.6 Å². The molecule has 1 unspecified atom stereocenters. The number of hydrogen-bond donors (Lipinski definition) is 1. The van der Waals surface area contributed by atoms with E-state index in [1.54, 1.807) is 37.4 Å². The highest BCUT2D eigenvalue weighted by molar-refractivity contribution is 5.91. The Hall–Kier alpha value is -3.09. The summed E-state index contributed by atoms with van der Waals surface area (Å²) in [6.07, 6.45) is 3.17. The van der Waals surface area contributed by atoms with Gasteiger partial charge in [0.05, 0.1) is 24.5 Å². The first-order chi connectivity index (χ1) is 11.6. The molecule has 1 aromatic carbocycles. The lowest BCUT2D eigenvalue weighted by atomic mass is 10.1. The van der Waals surface area contributed by atoms with Crippen LogP contribution in [0, 0.1) is 5.82 Å². The lowest BCUT2D eigenvalue weighted by Crippen LogP contribution is -2.23. The molecule has 122 valence electrons. The number of nitrogens with zero attached hydrogens (tertiary/aromatic N) is 4. The van der Waals surface area contributed by atoms with Crippen LogP contribution in [-0.4, -0.2) is 25.9 Å². The molecule has 0 saturated heterocycles. The number of benzene rings is 1.